The molecule has 1 aliphatic rings. The summed E-state index contributed by atoms with van der Waals surface area (Å²) in [6.07, 6.45) is 5.58. The quantitative estimate of drug-likeness (QED) is 0.282. The summed E-state index contributed by atoms with van der Waals surface area (Å²) in [5.74, 6) is 1.39. The van der Waals surface area contributed by atoms with Gasteiger partial charge < -0.3 is 19.7 Å². The van der Waals surface area contributed by atoms with Gasteiger partial charge in [0, 0.05) is 25.4 Å². The summed E-state index contributed by atoms with van der Waals surface area (Å²) < 4.78 is 11.1. The van der Waals surface area contributed by atoms with E-state index in [9.17, 15) is 9.59 Å². The van der Waals surface area contributed by atoms with Crippen LogP contribution in [0, 0.1) is 6.92 Å². The standard InChI is InChI=1S/C33H40N2O4/c1-25-11-6-7-14-27(25)24-35(32(36)17-10-22-39-30-20-18-29(38-2)19-21-30)31(23-26-12-4-3-5-13-26)33(37)34-28-15-8-9-16-28/h3-7,11-14,18-21,28,31H,8-10,15-17,22-24H2,1-2H3,(H,34,37). The van der Waals surface area contributed by atoms with Crippen LogP contribution in [0.2, 0.25) is 0 Å². The number of carbonyl (C=O) groups is 2. The highest BCUT2D eigenvalue weighted by Crippen LogP contribution is 2.22. The van der Waals surface area contributed by atoms with E-state index >= 15 is 0 Å². The largest absolute Gasteiger partial charge is 0.497 e. The van der Waals surface area contributed by atoms with Gasteiger partial charge in [-0.05, 0) is 67.1 Å². The average Bonchev–Trinajstić information content (AvgIpc) is 3.47. The normalized spacial score (nSPS) is 14.0. The Morgan fingerprint density at radius 2 is 1.59 bits per heavy atom. The van der Waals surface area contributed by atoms with E-state index < -0.39 is 6.04 Å². The van der Waals surface area contributed by atoms with E-state index in [1.165, 1.54) is 0 Å². The third-order valence-electron chi connectivity index (χ3n) is 7.44. The molecule has 1 unspecified atom stereocenters. The van der Waals surface area contributed by atoms with Crippen LogP contribution in [0.15, 0.2) is 78.9 Å². The molecule has 4 rings (SSSR count). The number of nitrogens with zero attached hydrogens (tertiary/aromatic N) is 1. The zero-order valence-corrected chi connectivity index (χ0v) is 23.1. The molecule has 39 heavy (non-hydrogen) atoms. The number of nitrogens with one attached hydrogen (secondary N) is 1. The Bertz CT molecular complexity index is 1190. The molecule has 0 spiro atoms. The monoisotopic (exact) mass is 528 g/mol. The predicted octanol–water partition coefficient (Wildman–Crippen LogP) is 5.86. The molecule has 0 aliphatic heterocycles. The minimum absolute atomic E-state index is 0.0425. The number of rotatable bonds is 13. The first-order valence-electron chi connectivity index (χ1n) is 14.0. The Morgan fingerprint density at radius 1 is 0.923 bits per heavy atom. The number of methoxy groups -OCH3 is 1. The summed E-state index contributed by atoms with van der Waals surface area (Å²) in [5, 5.41) is 3.27. The Hall–Kier alpha value is -3.80. The molecular weight excluding hydrogens is 488 g/mol. The number of carbonyl (C=O) groups excluding carboxylic acids is 2. The van der Waals surface area contributed by atoms with Gasteiger partial charge in [0.2, 0.25) is 11.8 Å². The zero-order valence-electron chi connectivity index (χ0n) is 23.1. The van der Waals surface area contributed by atoms with E-state index in [0.717, 1.165) is 53.9 Å². The van der Waals surface area contributed by atoms with Gasteiger partial charge in [0.25, 0.3) is 0 Å². The van der Waals surface area contributed by atoms with Gasteiger partial charge in [0.15, 0.2) is 0 Å². The van der Waals surface area contributed by atoms with Gasteiger partial charge in [-0.15, -0.1) is 0 Å². The fourth-order valence-electron chi connectivity index (χ4n) is 5.12. The van der Waals surface area contributed by atoms with E-state index in [-0.39, 0.29) is 17.9 Å². The molecule has 3 aromatic carbocycles. The molecule has 1 N–H and O–H groups in total. The molecule has 0 saturated heterocycles. The van der Waals surface area contributed by atoms with Gasteiger partial charge in [-0.1, -0.05) is 67.4 Å². The van der Waals surface area contributed by atoms with Gasteiger partial charge in [-0.2, -0.15) is 0 Å². The molecule has 6 nitrogen and oxygen atoms in total. The van der Waals surface area contributed by atoms with Crippen molar-refractivity contribution in [2.45, 2.75) is 70.5 Å². The van der Waals surface area contributed by atoms with Gasteiger partial charge in [0.05, 0.1) is 13.7 Å². The molecule has 2 amide bonds. The van der Waals surface area contributed by atoms with Crippen molar-refractivity contribution in [3.63, 3.8) is 0 Å². The molecule has 1 fully saturated rings. The van der Waals surface area contributed by atoms with Gasteiger partial charge in [0.1, 0.15) is 17.5 Å². The average molecular weight is 529 g/mol. The number of amides is 2. The summed E-state index contributed by atoms with van der Waals surface area (Å²) >= 11 is 0. The lowest BCUT2D eigenvalue weighted by Gasteiger charge is -2.33. The van der Waals surface area contributed by atoms with Crippen molar-refractivity contribution in [3.8, 4) is 11.5 Å². The second-order valence-corrected chi connectivity index (χ2v) is 10.3. The maximum atomic E-state index is 13.8. The van der Waals surface area contributed by atoms with E-state index in [1.54, 1.807) is 12.0 Å². The van der Waals surface area contributed by atoms with E-state index in [2.05, 4.69) is 5.32 Å². The predicted molar refractivity (Wildman–Crippen MR) is 154 cm³/mol. The summed E-state index contributed by atoms with van der Waals surface area (Å²) in [6.45, 7) is 2.85. The molecule has 0 heterocycles. The minimum atomic E-state index is -0.595. The summed E-state index contributed by atoms with van der Waals surface area (Å²) in [6, 6.07) is 25.0. The van der Waals surface area contributed by atoms with Crippen LogP contribution in [0.4, 0.5) is 0 Å². The maximum absolute atomic E-state index is 13.8. The lowest BCUT2D eigenvalue weighted by Crippen LogP contribution is -2.52. The number of hydrogen-bond acceptors (Lipinski definition) is 4. The summed E-state index contributed by atoms with van der Waals surface area (Å²) in [7, 11) is 1.63. The van der Waals surface area contributed by atoms with Crippen LogP contribution in [0.1, 0.15) is 55.2 Å². The molecule has 0 radical (unpaired) electrons. The Labute approximate surface area is 232 Å². The zero-order chi connectivity index (χ0) is 27.5. The molecule has 6 heteroatoms. The topological polar surface area (TPSA) is 67.9 Å². The highest BCUT2D eigenvalue weighted by molar-refractivity contribution is 5.88. The van der Waals surface area contributed by atoms with Crippen LogP contribution < -0.4 is 14.8 Å². The van der Waals surface area contributed by atoms with E-state index in [4.69, 9.17) is 9.47 Å². The van der Waals surface area contributed by atoms with Crippen molar-refractivity contribution in [1.82, 2.24) is 10.2 Å². The fourth-order valence-corrected chi connectivity index (χ4v) is 5.12. The van der Waals surface area contributed by atoms with Crippen molar-refractivity contribution < 1.29 is 19.1 Å². The third kappa shape index (κ3) is 8.34. The maximum Gasteiger partial charge on any atom is 0.243 e. The highest BCUT2D eigenvalue weighted by Gasteiger charge is 2.32. The molecular formula is C33H40N2O4. The van der Waals surface area contributed by atoms with Crippen molar-refractivity contribution >= 4 is 11.8 Å². The Kier molecular flexibility index (Phi) is 10.4. The first-order chi connectivity index (χ1) is 19.0. The number of benzene rings is 3. The smallest absolute Gasteiger partial charge is 0.243 e. The lowest BCUT2D eigenvalue weighted by atomic mass is 10.0. The van der Waals surface area contributed by atoms with E-state index in [0.29, 0.717) is 32.4 Å². The number of aryl methyl sites for hydroxylation is 1. The third-order valence-corrected chi connectivity index (χ3v) is 7.44. The molecule has 1 atom stereocenters. The molecule has 1 aliphatic carbocycles. The minimum Gasteiger partial charge on any atom is -0.497 e. The highest BCUT2D eigenvalue weighted by atomic mass is 16.5. The summed E-state index contributed by atoms with van der Waals surface area (Å²) in [5.41, 5.74) is 3.19. The van der Waals surface area contributed by atoms with Crippen LogP contribution in [0.3, 0.4) is 0 Å². The van der Waals surface area contributed by atoms with Crippen LogP contribution >= 0.6 is 0 Å². The van der Waals surface area contributed by atoms with Crippen LogP contribution in [-0.2, 0) is 22.6 Å². The van der Waals surface area contributed by atoms with Gasteiger partial charge >= 0.3 is 0 Å². The first kappa shape index (κ1) is 28.2. The van der Waals surface area contributed by atoms with E-state index in [1.807, 2.05) is 85.8 Å². The molecule has 1 saturated carbocycles. The van der Waals surface area contributed by atoms with Crippen LogP contribution in [0.5, 0.6) is 11.5 Å². The molecule has 3 aromatic rings. The van der Waals surface area contributed by atoms with Gasteiger partial charge in [-0.25, -0.2) is 0 Å². The number of ether oxygens (including phenoxy) is 2. The van der Waals surface area contributed by atoms with Crippen molar-refractivity contribution in [2.75, 3.05) is 13.7 Å². The summed E-state index contributed by atoms with van der Waals surface area (Å²) in [4.78, 5) is 29.3. The second-order valence-electron chi connectivity index (χ2n) is 10.3. The Morgan fingerprint density at radius 3 is 2.28 bits per heavy atom. The van der Waals surface area contributed by atoms with Crippen molar-refractivity contribution in [2.24, 2.45) is 0 Å². The van der Waals surface area contributed by atoms with Gasteiger partial charge in [-0.3, -0.25) is 9.59 Å². The molecule has 0 bridgehead atoms. The fraction of sp³-hybridized carbons (Fsp3) is 0.394. The second kappa shape index (κ2) is 14.4. The molecule has 206 valence electrons. The van der Waals surface area contributed by atoms with Crippen LogP contribution in [0.25, 0.3) is 0 Å². The van der Waals surface area contributed by atoms with Crippen molar-refractivity contribution in [3.05, 3.63) is 95.6 Å². The van der Waals surface area contributed by atoms with Crippen molar-refractivity contribution in [1.29, 1.82) is 0 Å². The lowest BCUT2D eigenvalue weighted by molar-refractivity contribution is -0.141. The Balaban J connectivity index is 1.50. The number of hydrogen-bond donors (Lipinski definition) is 1. The SMILES string of the molecule is COc1ccc(OCCCC(=O)N(Cc2ccccc2C)C(Cc2ccccc2)C(=O)NC2CCCC2)cc1. The molecule has 0 aromatic heterocycles. The first-order valence-corrected chi connectivity index (χ1v) is 14.0. The van der Waals surface area contributed by atoms with Crippen LogP contribution in [-0.4, -0.2) is 42.5 Å².